The van der Waals surface area contributed by atoms with Gasteiger partial charge in [0.05, 0.1) is 0 Å². The van der Waals surface area contributed by atoms with Crippen LogP contribution in [0, 0.1) is 0 Å². The molecule has 0 unspecified atom stereocenters. The zero-order valence-corrected chi connectivity index (χ0v) is 11.7. The van der Waals surface area contributed by atoms with Gasteiger partial charge in [0, 0.05) is 17.8 Å². The average molecular weight is 251 g/mol. The summed E-state index contributed by atoms with van der Waals surface area (Å²) in [6.07, 6.45) is 1.13. The van der Waals surface area contributed by atoms with Gasteiger partial charge < -0.3 is 15.7 Å². The minimum Gasteiger partial charge on any atom is -0.508 e. The number of nitrogens with zero attached hydrogens (tertiary/aromatic N) is 2. The molecule has 3 N–H and O–H groups in total. The molecule has 1 aromatic rings. The van der Waals surface area contributed by atoms with Crippen LogP contribution in [0.2, 0.25) is 0 Å². The first-order valence-electron chi connectivity index (χ1n) is 6.47. The van der Waals surface area contributed by atoms with Crippen LogP contribution >= 0.6 is 0 Å². The van der Waals surface area contributed by atoms with Crippen LogP contribution in [0.3, 0.4) is 0 Å². The van der Waals surface area contributed by atoms with Crippen LogP contribution in [-0.4, -0.2) is 48.6 Å². The maximum atomic E-state index is 9.80. The third kappa shape index (κ3) is 4.94. The molecule has 0 aliphatic rings. The van der Waals surface area contributed by atoms with E-state index in [2.05, 4.69) is 30.8 Å². The zero-order chi connectivity index (χ0) is 13.5. The molecule has 0 fully saturated rings. The van der Waals surface area contributed by atoms with Crippen LogP contribution in [-0.2, 0) is 6.54 Å². The van der Waals surface area contributed by atoms with E-state index in [9.17, 15) is 5.11 Å². The number of phenolic OH excluding ortho intramolecular Hbond substituents is 1. The monoisotopic (exact) mass is 251 g/mol. The third-order valence-corrected chi connectivity index (χ3v) is 3.02. The quantitative estimate of drug-likeness (QED) is 0.572. The summed E-state index contributed by atoms with van der Waals surface area (Å²) in [5.41, 5.74) is 7.35. The molecular weight excluding hydrogens is 226 g/mol. The highest BCUT2D eigenvalue weighted by molar-refractivity contribution is 5.47. The molecule has 0 bridgehead atoms. The van der Waals surface area contributed by atoms with Crippen LogP contribution < -0.4 is 5.73 Å². The predicted octanol–water partition coefficient (Wildman–Crippen LogP) is 1.75. The number of hydrogen-bond donors (Lipinski definition) is 2. The Bertz CT molecular complexity index is 366. The lowest BCUT2D eigenvalue weighted by Gasteiger charge is -2.22. The minimum absolute atomic E-state index is 0.329. The standard InChI is InChI=1S/C14H25N3O/c1-4-17(9-5-8-16(2)3)11-12-10-13(15)6-7-14(12)18/h6-7,10,18H,4-5,8-9,11,15H2,1-3H3. The molecule has 4 heteroatoms. The molecule has 0 saturated heterocycles. The van der Waals surface area contributed by atoms with Crippen molar-refractivity contribution in [1.82, 2.24) is 9.80 Å². The molecule has 4 nitrogen and oxygen atoms in total. The summed E-state index contributed by atoms with van der Waals surface area (Å²) >= 11 is 0. The average Bonchev–Trinajstić information content (AvgIpc) is 2.32. The normalized spacial score (nSPS) is 11.4. The molecule has 0 radical (unpaired) electrons. The first-order valence-corrected chi connectivity index (χ1v) is 6.47. The van der Waals surface area contributed by atoms with Gasteiger partial charge in [0.2, 0.25) is 0 Å². The van der Waals surface area contributed by atoms with E-state index in [1.807, 2.05) is 6.07 Å². The lowest BCUT2D eigenvalue weighted by molar-refractivity contribution is 0.256. The number of rotatable bonds is 7. The first kappa shape index (κ1) is 14.8. The number of phenols is 1. The van der Waals surface area contributed by atoms with E-state index >= 15 is 0 Å². The fourth-order valence-corrected chi connectivity index (χ4v) is 1.93. The largest absolute Gasteiger partial charge is 0.508 e. The van der Waals surface area contributed by atoms with Gasteiger partial charge >= 0.3 is 0 Å². The van der Waals surface area contributed by atoms with Crippen molar-refractivity contribution in [2.75, 3.05) is 39.5 Å². The van der Waals surface area contributed by atoms with E-state index in [-0.39, 0.29) is 0 Å². The number of nitrogens with two attached hydrogens (primary N) is 1. The Morgan fingerprint density at radius 1 is 1.22 bits per heavy atom. The zero-order valence-electron chi connectivity index (χ0n) is 11.7. The summed E-state index contributed by atoms with van der Waals surface area (Å²) in [6, 6.07) is 5.24. The molecule has 0 amide bonds. The van der Waals surface area contributed by atoms with E-state index in [1.165, 1.54) is 0 Å². The van der Waals surface area contributed by atoms with Crippen LogP contribution in [0.25, 0.3) is 0 Å². The van der Waals surface area contributed by atoms with Gasteiger partial charge in [-0.1, -0.05) is 6.92 Å². The van der Waals surface area contributed by atoms with Gasteiger partial charge in [-0.25, -0.2) is 0 Å². The van der Waals surface area contributed by atoms with Crippen molar-refractivity contribution in [1.29, 1.82) is 0 Å². The van der Waals surface area contributed by atoms with Crippen LogP contribution in [0.5, 0.6) is 5.75 Å². The maximum absolute atomic E-state index is 9.80. The fraction of sp³-hybridized carbons (Fsp3) is 0.571. The van der Waals surface area contributed by atoms with Crippen molar-refractivity contribution in [2.45, 2.75) is 19.9 Å². The van der Waals surface area contributed by atoms with Gasteiger partial charge in [-0.3, -0.25) is 4.90 Å². The number of nitrogen functional groups attached to an aromatic ring is 1. The van der Waals surface area contributed by atoms with Gasteiger partial charge in [-0.15, -0.1) is 0 Å². The van der Waals surface area contributed by atoms with Gasteiger partial charge in [0.25, 0.3) is 0 Å². The lowest BCUT2D eigenvalue weighted by atomic mass is 10.1. The molecule has 0 spiro atoms. The van der Waals surface area contributed by atoms with Crippen molar-refractivity contribution in [3.05, 3.63) is 23.8 Å². The Morgan fingerprint density at radius 3 is 2.56 bits per heavy atom. The summed E-state index contributed by atoms with van der Waals surface area (Å²) in [5.74, 6) is 0.329. The first-order chi connectivity index (χ1) is 8.52. The molecule has 18 heavy (non-hydrogen) atoms. The minimum atomic E-state index is 0.329. The van der Waals surface area contributed by atoms with Gasteiger partial charge in [-0.05, 0) is 58.3 Å². The molecule has 1 aromatic carbocycles. The van der Waals surface area contributed by atoms with E-state index in [1.54, 1.807) is 12.1 Å². The Labute approximate surface area is 110 Å². The highest BCUT2D eigenvalue weighted by atomic mass is 16.3. The Hall–Kier alpha value is -1.26. The summed E-state index contributed by atoms with van der Waals surface area (Å²) in [7, 11) is 4.17. The van der Waals surface area contributed by atoms with Crippen molar-refractivity contribution in [3.63, 3.8) is 0 Å². The molecule has 1 rings (SSSR count). The Balaban J connectivity index is 2.54. The Morgan fingerprint density at radius 2 is 1.94 bits per heavy atom. The summed E-state index contributed by atoms with van der Waals surface area (Å²) < 4.78 is 0. The summed E-state index contributed by atoms with van der Waals surface area (Å²) in [5, 5.41) is 9.80. The van der Waals surface area contributed by atoms with Crippen LogP contribution in [0.4, 0.5) is 5.69 Å². The van der Waals surface area contributed by atoms with E-state index in [0.717, 1.165) is 38.2 Å². The van der Waals surface area contributed by atoms with Crippen molar-refractivity contribution in [2.24, 2.45) is 0 Å². The van der Waals surface area contributed by atoms with Gasteiger partial charge in [-0.2, -0.15) is 0 Å². The molecule has 0 aliphatic carbocycles. The predicted molar refractivity (Wildman–Crippen MR) is 76.6 cm³/mol. The number of anilines is 1. The molecule has 0 atom stereocenters. The van der Waals surface area contributed by atoms with Crippen molar-refractivity contribution >= 4 is 5.69 Å². The highest BCUT2D eigenvalue weighted by Gasteiger charge is 2.08. The highest BCUT2D eigenvalue weighted by Crippen LogP contribution is 2.21. The SMILES string of the molecule is CCN(CCCN(C)C)Cc1cc(N)ccc1O. The third-order valence-electron chi connectivity index (χ3n) is 3.02. The second-order valence-electron chi connectivity index (χ2n) is 4.91. The molecular formula is C14H25N3O. The molecule has 0 saturated carbocycles. The van der Waals surface area contributed by atoms with Gasteiger partial charge in [0.15, 0.2) is 0 Å². The van der Waals surface area contributed by atoms with Crippen LogP contribution in [0.1, 0.15) is 18.9 Å². The van der Waals surface area contributed by atoms with E-state index in [0.29, 0.717) is 11.4 Å². The molecule has 0 aliphatic heterocycles. The van der Waals surface area contributed by atoms with E-state index < -0.39 is 0 Å². The number of aromatic hydroxyl groups is 1. The molecule has 0 aromatic heterocycles. The molecule has 102 valence electrons. The topological polar surface area (TPSA) is 52.7 Å². The number of benzene rings is 1. The summed E-state index contributed by atoms with van der Waals surface area (Å²) in [6.45, 7) is 5.98. The molecule has 0 heterocycles. The van der Waals surface area contributed by atoms with Gasteiger partial charge in [0.1, 0.15) is 5.75 Å². The smallest absolute Gasteiger partial charge is 0.120 e. The van der Waals surface area contributed by atoms with Crippen molar-refractivity contribution < 1.29 is 5.11 Å². The summed E-state index contributed by atoms with van der Waals surface area (Å²) in [4.78, 5) is 4.50. The lowest BCUT2D eigenvalue weighted by Crippen LogP contribution is -2.27. The maximum Gasteiger partial charge on any atom is 0.120 e. The Kier molecular flexibility index (Phi) is 5.95. The fourth-order valence-electron chi connectivity index (χ4n) is 1.93. The second-order valence-corrected chi connectivity index (χ2v) is 4.91. The van der Waals surface area contributed by atoms with Crippen molar-refractivity contribution in [3.8, 4) is 5.75 Å². The van der Waals surface area contributed by atoms with E-state index in [4.69, 9.17) is 5.73 Å². The van der Waals surface area contributed by atoms with Crippen LogP contribution in [0.15, 0.2) is 18.2 Å². The number of hydrogen-bond acceptors (Lipinski definition) is 4. The second kappa shape index (κ2) is 7.24.